The van der Waals surface area contributed by atoms with Crippen molar-refractivity contribution in [3.8, 4) is 34.5 Å². The number of carbonyl (C=O) groups excluding carboxylic acids is 2. The number of hydrogen-bond donors (Lipinski definition) is 2. The second-order valence-corrected chi connectivity index (χ2v) is 8.79. The van der Waals surface area contributed by atoms with E-state index in [1.54, 1.807) is 101 Å². The van der Waals surface area contributed by atoms with Gasteiger partial charge in [0, 0.05) is 23.3 Å². The van der Waals surface area contributed by atoms with Gasteiger partial charge in [-0.3, -0.25) is 9.59 Å². The van der Waals surface area contributed by atoms with Gasteiger partial charge in [0.15, 0.2) is 11.6 Å². The van der Waals surface area contributed by atoms with E-state index in [9.17, 15) is 19.8 Å². The third kappa shape index (κ3) is 9.31. The monoisotopic (exact) mass is 568 g/mol. The lowest BCUT2D eigenvalue weighted by Gasteiger charge is -2.05. The molecule has 2 N–H and O–H groups in total. The zero-order chi connectivity index (χ0) is 30.5. The van der Waals surface area contributed by atoms with E-state index in [4.69, 9.17) is 18.9 Å². The lowest BCUT2D eigenvalue weighted by molar-refractivity contribution is 0.103. The highest BCUT2D eigenvalue weighted by Crippen LogP contribution is 2.25. The van der Waals surface area contributed by atoms with E-state index in [0.29, 0.717) is 34.1 Å². The summed E-state index contributed by atoms with van der Waals surface area (Å²) in [5, 5.41) is 18.7. The number of hydrogen-bond acceptors (Lipinski definition) is 8. The third-order valence-electron chi connectivity index (χ3n) is 5.86. The first kappa shape index (κ1) is 31.0. The van der Waals surface area contributed by atoms with Gasteiger partial charge in [-0.1, -0.05) is 36.4 Å². The lowest BCUT2D eigenvalue weighted by Crippen LogP contribution is -1.93. The molecule has 0 aliphatic carbocycles. The predicted molar refractivity (Wildman–Crippen MR) is 162 cm³/mol. The van der Waals surface area contributed by atoms with E-state index in [1.807, 2.05) is 0 Å². The van der Waals surface area contributed by atoms with Gasteiger partial charge in [-0.15, -0.1) is 0 Å². The van der Waals surface area contributed by atoms with Gasteiger partial charge in [0.05, 0.1) is 28.4 Å². The quantitative estimate of drug-likeness (QED) is 0.162. The minimum absolute atomic E-state index is 0.0669. The Hall–Kier alpha value is -5.50. The maximum atomic E-state index is 12.0. The number of ether oxygens (including phenoxy) is 4. The number of allylic oxidation sites excluding steroid dienone is 2. The molecule has 0 aliphatic rings. The number of phenolic OH excluding ortho intramolecular Hbond substituents is 2. The van der Waals surface area contributed by atoms with E-state index < -0.39 is 0 Å². The topological polar surface area (TPSA) is 112 Å². The Kier molecular flexibility index (Phi) is 11.3. The second-order valence-electron chi connectivity index (χ2n) is 8.79. The van der Waals surface area contributed by atoms with Crippen LogP contribution in [0.1, 0.15) is 31.8 Å². The molecule has 4 aromatic rings. The molecule has 8 heteroatoms. The highest BCUT2D eigenvalue weighted by atomic mass is 16.5. The van der Waals surface area contributed by atoms with Gasteiger partial charge in [-0.2, -0.15) is 0 Å². The van der Waals surface area contributed by atoms with Crippen molar-refractivity contribution < 1.29 is 38.7 Å². The maximum Gasteiger partial charge on any atom is 0.185 e. The Morgan fingerprint density at radius 2 is 0.857 bits per heavy atom. The molecule has 0 aromatic heterocycles. The van der Waals surface area contributed by atoms with Gasteiger partial charge in [0.2, 0.25) is 0 Å². The molecule has 0 bridgehead atoms. The summed E-state index contributed by atoms with van der Waals surface area (Å²) in [4.78, 5) is 24.0. The summed E-state index contributed by atoms with van der Waals surface area (Å²) in [6.07, 6.45) is 6.25. The van der Waals surface area contributed by atoms with Crippen molar-refractivity contribution in [2.45, 2.75) is 0 Å². The first-order chi connectivity index (χ1) is 20.2. The normalized spacial score (nSPS) is 10.6. The Balaban J connectivity index is 0.000000230. The van der Waals surface area contributed by atoms with Crippen LogP contribution in [0.3, 0.4) is 0 Å². The van der Waals surface area contributed by atoms with Crippen molar-refractivity contribution in [1.82, 2.24) is 0 Å². The number of methoxy groups -OCH3 is 4. The zero-order valence-corrected chi connectivity index (χ0v) is 23.7. The lowest BCUT2D eigenvalue weighted by atomic mass is 10.1. The molecule has 0 radical (unpaired) electrons. The highest BCUT2D eigenvalue weighted by Gasteiger charge is 2.05. The molecular weight excluding hydrogens is 536 g/mol. The van der Waals surface area contributed by atoms with Crippen LogP contribution in [0, 0.1) is 0 Å². The Labute approximate surface area is 244 Å². The first-order valence-corrected chi connectivity index (χ1v) is 12.7. The highest BCUT2D eigenvalue weighted by molar-refractivity contribution is 6.07. The average molecular weight is 569 g/mol. The van der Waals surface area contributed by atoms with E-state index >= 15 is 0 Å². The number of carbonyl (C=O) groups is 2. The smallest absolute Gasteiger partial charge is 0.185 e. The molecule has 4 aromatic carbocycles. The Morgan fingerprint density at radius 3 is 1.14 bits per heavy atom. The fraction of sp³-hybridized carbons (Fsp3) is 0.118. The van der Waals surface area contributed by atoms with Crippen LogP contribution in [0.2, 0.25) is 0 Å². The van der Waals surface area contributed by atoms with Crippen LogP contribution in [-0.4, -0.2) is 50.2 Å². The van der Waals surface area contributed by atoms with Gasteiger partial charge in [0.1, 0.15) is 34.5 Å². The van der Waals surface area contributed by atoms with Gasteiger partial charge in [-0.05, 0) is 71.8 Å². The van der Waals surface area contributed by atoms with Crippen molar-refractivity contribution in [2.75, 3.05) is 28.4 Å². The minimum atomic E-state index is -0.187. The summed E-state index contributed by atoms with van der Waals surface area (Å²) in [7, 11) is 6.28. The Morgan fingerprint density at radius 1 is 0.524 bits per heavy atom. The SMILES string of the molecule is COc1cc(/C=C/C(=O)c2cccc(O)c2)cc(OC)c1.COc1cc(/C=C/C(=O)c2cccc(O)c2)cc(OC)c1. The molecule has 4 rings (SSSR count). The third-order valence-corrected chi connectivity index (χ3v) is 5.86. The summed E-state index contributed by atoms with van der Waals surface area (Å²) in [5.74, 6) is 2.37. The molecule has 216 valence electrons. The van der Waals surface area contributed by atoms with Crippen LogP contribution in [-0.2, 0) is 0 Å². The molecule has 0 atom stereocenters. The summed E-state index contributed by atoms with van der Waals surface area (Å²) in [5.41, 5.74) is 2.45. The molecule has 0 heterocycles. The summed E-state index contributed by atoms with van der Waals surface area (Å²) in [6.45, 7) is 0. The van der Waals surface area contributed by atoms with Crippen LogP contribution < -0.4 is 18.9 Å². The van der Waals surface area contributed by atoms with Crippen molar-refractivity contribution in [3.63, 3.8) is 0 Å². The van der Waals surface area contributed by atoms with Gasteiger partial charge in [-0.25, -0.2) is 0 Å². The standard InChI is InChI=1S/2C17H16O4/c2*1-20-15-8-12(9-16(11-15)21-2)6-7-17(19)13-4-3-5-14(18)10-13/h2*3-11,18H,1-2H3/b2*7-6+. The molecule has 0 saturated heterocycles. The molecule has 8 nitrogen and oxygen atoms in total. The molecule has 0 saturated carbocycles. The van der Waals surface area contributed by atoms with Gasteiger partial charge < -0.3 is 29.2 Å². The number of ketones is 2. The predicted octanol–water partition coefficient (Wildman–Crippen LogP) is 6.61. The van der Waals surface area contributed by atoms with Crippen molar-refractivity contribution in [1.29, 1.82) is 0 Å². The van der Waals surface area contributed by atoms with Crippen LogP contribution in [0.15, 0.2) is 97.1 Å². The summed E-state index contributed by atoms with van der Waals surface area (Å²) >= 11 is 0. The Bertz CT molecular complexity index is 1420. The van der Waals surface area contributed by atoms with Crippen LogP contribution in [0.25, 0.3) is 12.2 Å². The average Bonchev–Trinajstić information content (AvgIpc) is 3.02. The summed E-state index contributed by atoms with van der Waals surface area (Å²) < 4.78 is 20.7. The first-order valence-electron chi connectivity index (χ1n) is 12.7. The van der Waals surface area contributed by atoms with E-state index in [1.165, 1.54) is 36.4 Å². The minimum Gasteiger partial charge on any atom is -0.508 e. The molecule has 0 aliphatic heterocycles. The largest absolute Gasteiger partial charge is 0.508 e. The summed E-state index contributed by atoms with van der Waals surface area (Å²) in [6, 6.07) is 23.2. The fourth-order valence-electron chi connectivity index (χ4n) is 3.71. The second kappa shape index (κ2) is 15.3. The molecule has 42 heavy (non-hydrogen) atoms. The van der Waals surface area contributed by atoms with Crippen LogP contribution in [0.4, 0.5) is 0 Å². The van der Waals surface area contributed by atoms with Crippen LogP contribution >= 0.6 is 0 Å². The molecule has 0 spiro atoms. The number of phenols is 2. The number of rotatable bonds is 10. The van der Waals surface area contributed by atoms with E-state index in [-0.39, 0.29) is 23.1 Å². The molecule has 0 fully saturated rings. The molecular formula is C34H32O8. The zero-order valence-electron chi connectivity index (χ0n) is 23.7. The number of benzene rings is 4. The van der Waals surface area contributed by atoms with Gasteiger partial charge in [0.25, 0.3) is 0 Å². The molecule has 0 amide bonds. The van der Waals surface area contributed by atoms with Gasteiger partial charge >= 0.3 is 0 Å². The fourth-order valence-corrected chi connectivity index (χ4v) is 3.71. The van der Waals surface area contributed by atoms with Crippen molar-refractivity contribution >= 4 is 23.7 Å². The van der Waals surface area contributed by atoms with Crippen molar-refractivity contribution in [3.05, 3.63) is 119 Å². The van der Waals surface area contributed by atoms with Crippen LogP contribution in [0.5, 0.6) is 34.5 Å². The van der Waals surface area contributed by atoms with E-state index in [0.717, 1.165) is 11.1 Å². The van der Waals surface area contributed by atoms with Crippen molar-refractivity contribution in [2.24, 2.45) is 0 Å². The number of aromatic hydroxyl groups is 2. The van der Waals surface area contributed by atoms with E-state index in [2.05, 4.69) is 0 Å². The molecule has 0 unspecified atom stereocenters. The maximum absolute atomic E-state index is 12.0.